The Kier molecular flexibility index (Phi) is 5.55. The van der Waals surface area contributed by atoms with E-state index in [-0.39, 0.29) is 22.6 Å². The maximum atomic E-state index is 12.4. The summed E-state index contributed by atoms with van der Waals surface area (Å²) in [6.07, 6.45) is 7.45. The molecule has 0 bridgehead atoms. The number of nitrogens with zero attached hydrogens (tertiary/aromatic N) is 4. The zero-order valence-electron chi connectivity index (χ0n) is 15.8. The minimum Gasteiger partial charge on any atom is -0.342 e. The summed E-state index contributed by atoms with van der Waals surface area (Å²) in [6.45, 7) is 4.92. The highest BCUT2D eigenvalue weighted by Gasteiger charge is 2.30. The molecule has 0 unspecified atom stereocenters. The first kappa shape index (κ1) is 19.4. The number of carbonyl (C=O) groups excluding carboxylic acids is 1. The van der Waals surface area contributed by atoms with Crippen LogP contribution >= 0.6 is 0 Å². The first-order chi connectivity index (χ1) is 12.8. The molecule has 0 N–H and O–H groups in total. The molecule has 0 radical (unpaired) electrons. The van der Waals surface area contributed by atoms with Crippen molar-refractivity contribution in [3.05, 3.63) is 36.4 Å². The molecule has 1 aliphatic rings. The monoisotopic (exact) mass is 388 g/mol. The van der Waals surface area contributed by atoms with Crippen LogP contribution in [0.2, 0.25) is 0 Å². The second-order valence-electron chi connectivity index (χ2n) is 7.24. The average molecular weight is 388 g/mol. The highest BCUT2D eigenvalue weighted by molar-refractivity contribution is 7.90. The Balaban J connectivity index is 2.02. The van der Waals surface area contributed by atoms with Crippen molar-refractivity contribution in [1.82, 2.24) is 19.9 Å². The first-order valence-corrected chi connectivity index (χ1v) is 10.9. The molecule has 3 rings (SSSR count). The average Bonchev–Trinajstić information content (AvgIpc) is 2.67. The van der Waals surface area contributed by atoms with Crippen molar-refractivity contribution in [2.75, 3.05) is 19.3 Å². The van der Waals surface area contributed by atoms with Gasteiger partial charge in [0.2, 0.25) is 5.91 Å². The molecule has 1 atom stereocenters. The zero-order chi connectivity index (χ0) is 19.6. The number of rotatable bonds is 4. The van der Waals surface area contributed by atoms with Crippen molar-refractivity contribution in [2.24, 2.45) is 5.92 Å². The van der Waals surface area contributed by atoms with Crippen LogP contribution in [0, 0.1) is 5.92 Å². The first-order valence-electron chi connectivity index (χ1n) is 9.03. The summed E-state index contributed by atoms with van der Waals surface area (Å²) in [6, 6.07) is 3.62. The maximum absolute atomic E-state index is 12.4. The van der Waals surface area contributed by atoms with E-state index in [9.17, 15) is 13.2 Å². The molecule has 27 heavy (non-hydrogen) atoms. The zero-order valence-corrected chi connectivity index (χ0v) is 16.6. The lowest BCUT2D eigenvalue weighted by atomic mass is 9.93. The lowest BCUT2D eigenvalue weighted by molar-refractivity contribution is -0.135. The van der Waals surface area contributed by atoms with Gasteiger partial charge in [0.05, 0.1) is 5.69 Å². The molecule has 0 aliphatic carbocycles. The molecule has 1 fully saturated rings. The van der Waals surface area contributed by atoms with Gasteiger partial charge in [-0.2, -0.15) is 0 Å². The number of likely N-dealkylation sites (tertiary alicyclic amines) is 1. The predicted molar refractivity (Wildman–Crippen MR) is 102 cm³/mol. The minimum atomic E-state index is -3.48. The van der Waals surface area contributed by atoms with Crippen LogP contribution in [0.25, 0.3) is 11.4 Å². The summed E-state index contributed by atoms with van der Waals surface area (Å²) in [5, 5.41) is 0. The van der Waals surface area contributed by atoms with E-state index < -0.39 is 9.84 Å². The van der Waals surface area contributed by atoms with Crippen LogP contribution in [-0.2, 0) is 14.6 Å². The fourth-order valence-electron chi connectivity index (χ4n) is 3.36. The predicted octanol–water partition coefficient (Wildman–Crippen LogP) is 2.30. The molecule has 1 saturated heterocycles. The van der Waals surface area contributed by atoms with Gasteiger partial charge in [-0.1, -0.05) is 13.8 Å². The molecule has 2 aromatic heterocycles. The van der Waals surface area contributed by atoms with Crippen LogP contribution in [0.1, 0.15) is 38.3 Å². The van der Waals surface area contributed by atoms with E-state index in [0.717, 1.165) is 18.4 Å². The second kappa shape index (κ2) is 7.72. The van der Waals surface area contributed by atoms with E-state index in [1.54, 1.807) is 18.5 Å². The van der Waals surface area contributed by atoms with E-state index in [2.05, 4.69) is 15.0 Å². The third-order valence-electron chi connectivity index (χ3n) is 4.72. The lowest BCUT2D eigenvalue weighted by Gasteiger charge is -2.34. The summed E-state index contributed by atoms with van der Waals surface area (Å²) >= 11 is 0. The van der Waals surface area contributed by atoms with Gasteiger partial charge in [-0.15, -0.1) is 0 Å². The molecule has 3 heterocycles. The molecule has 1 aliphatic heterocycles. The molecule has 7 nitrogen and oxygen atoms in total. The van der Waals surface area contributed by atoms with Crippen LogP contribution in [0.15, 0.2) is 35.6 Å². The molecule has 0 spiro atoms. The number of carbonyl (C=O) groups is 1. The normalized spacial score (nSPS) is 17.9. The van der Waals surface area contributed by atoms with Gasteiger partial charge >= 0.3 is 0 Å². The third-order valence-corrected chi connectivity index (χ3v) is 5.83. The highest BCUT2D eigenvalue weighted by Crippen LogP contribution is 2.31. The molecular formula is C19H24N4O3S. The van der Waals surface area contributed by atoms with Gasteiger partial charge in [-0.05, 0) is 25.0 Å². The molecule has 0 aromatic carbocycles. The highest BCUT2D eigenvalue weighted by atomic mass is 32.2. The summed E-state index contributed by atoms with van der Waals surface area (Å²) in [7, 11) is -3.48. The topological polar surface area (TPSA) is 93.1 Å². The van der Waals surface area contributed by atoms with E-state index in [4.69, 9.17) is 0 Å². The Labute approximate surface area is 159 Å². The standard InChI is InChI=1S/C19H24N4O3S/c1-13(2)19(24)23-9-5-7-15(12-23)17-16(27(3,25)26)11-21-18(22-17)14-6-4-8-20-10-14/h4,6,8,10-11,13,15H,5,7,9,12H2,1-3H3/t15-/m0/s1. The van der Waals surface area contributed by atoms with Crippen LogP contribution < -0.4 is 0 Å². The fraction of sp³-hybridized carbons (Fsp3) is 0.474. The van der Waals surface area contributed by atoms with Crippen molar-refractivity contribution < 1.29 is 13.2 Å². The fourth-order valence-corrected chi connectivity index (χ4v) is 4.20. The van der Waals surface area contributed by atoms with E-state index in [1.807, 2.05) is 24.8 Å². The van der Waals surface area contributed by atoms with Gasteiger partial charge in [0, 0.05) is 55.3 Å². The van der Waals surface area contributed by atoms with Crippen LogP contribution in [0.5, 0.6) is 0 Å². The van der Waals surface area contributed by atoms with Crippen molar-refractivity contribution >= 4 is 15.7 Å². The summed E-state index contributed by atoms with van der Waals surface area (Å²) in [4.78, 5) is 27.3. The van der Waals surface area contributed by atoms with Crippen LogP contribution in [0.3, 0.4) is 0 Å². The molecule has 1 amide bonds. The number of amides is 1. The van der Waals surface area contributed by atoms with Gasteiger partial charge in [-0.25, -0.2) is 18.4 Å². The number of hydrogen-bond acceptors (Lipinski definition) is 6. The van der Waals surface area contributed by atoms with Crippen molar-refractivity contribution in [2.45, 2.75) is 37.5 Å². The molecular weight excluding hydrogens is 364 g/mol. The molecule has 144 valence electrons. The lowest BCUT2D eigenvalue weighted by Crippen LogP contribution is -2.41. The number of hydrogen-bond donors (Lipinski definition) is 0. The summed E-state index contributed by atoms with van der Waals surface area (Å²) < 4.78 is 24.6. The Bertz CT molecular complexity index is 929. The van der Waals surface area contributed by atoms with Gasteiger partial charge < -0.3 is 4.90 Å². The van der Waals surface area contributed by atoms with Crippen LogP contribution in [0.4, 0.5) is 0 Å². The Morgan fingerprint density at radius 1 is 1.30 bits per heavy atom. The Hall–Kier alpha value is -2.35. The van der Waals surface area contributed by atoms with Crippen LogP contribution in [-0.4, -0.2) is 53.5 Å². The molecule has 8 heteroatoms. The van der Waals surface area contributed by atoms with Crippen molar-refractivity contribution in [3.8, 4) is 11.4 Å². The van der Waals surface area contributed by atoms with E-state index in [0.29, 0.717) is 24.6 Å². The minimum absolute atomic E-state index is 0.0853. The summed E-state index contributed by atoms with van der Waals surface area (Å²) in [5.41, 5.74) is 1.22. The number of sulfone groups is 1. The smallest absolute Gasteiger partial charge is 0.225 e. The molecule has 0 saturated carbocycles. The quantitative estimate of drug-likeness (QED) is 0.798. The number of piperidine rings is 1. The van der Waals surface area contributed by atoms with E-state index >= 15 is 0 Å². The van der Waals surface area contributed by atoms with E-state index in [1.165, 1.54) is 12.5 Å². The molecule has 2 aromatic rings. The Morgan fingerprint density at radius 2 is 2.07 bits per heavy atom. The van der Waals surface area contributed by atoms with Gasteiger partial charge in [0.25, 0.3) is 0 Å². The number of pyridine rings is 1. The SMILES string of the molecule is CC(C)C(=O)N1CCC[C@H](c2nc(-c3cccnc3)ncc2S(C)(=O)=O)C1. The maximum Gasteiger partial charge on any atom is 0.225 e. The summed E-state index contributed by atoms with van der Waals surface area (Å²) in [5.74, 6) is 0.305. The largest absolute Gasteiger partial charge is 0.342 e. The third kappa shape index (κ3) is 4.32. The second-order valence-corrected chi connectivity index (χ2v) is 9.22. The van der Waals surface area contributed by atoms with Gasteiger partial charge in [-0.3, -0.25) is 9.78 Å². The van der Waals surface area contributed by atoms with Gasteiger partial charge in [0.1, 0.15) is 4.90 Å². The number of aromatic nitrogens is 3. The van der Waals surface area contributed by atoms with Crippen molar-refractivity contribution in [3.63, 3.8) is 0 Å². The van der Waals surface area contributed by atoms with Gasteiger partial charge in [0.15, 0.2) is 15.7 Å². The Morgan fingerprint density at radius 3 is 2.70 bits per heavy atom. The van der Waals surface area contributed by atoms with Crippen molar-refractivity contribution in [1.29, 1.82) is 0 Å².